The zero-order chi connectivity index (χ0) is 13.7. The molecule has 1 aliphatic rings. The molecule has 0 saturated heterocycles. The number of pyridine rings is 1. The second kappa shape index (κ2) is 3.89. The second-order valence-corrected chi connectivity index (χ2v) is 4.81. The molecule has 3 aromatic heterocycles. The first-order valence-electron chi connectivity index (χ1n) is 6.35. The normalized spacial score (nSPS) is 14.8. The Morgan fingerprint density at radius 3 is 3.00 bits per heavy atom. The van der Waals surface area contributed by atoms with Crippen LogP contribution in [0, 0.1) is 0 Å². The van der Waals surface area contributed by atoms with Crippen LogP contribution in [0.25, 0.3) is 22.7 Å². The fraction of sp³-hybridized carbons (Fsp3) is 0.231. The summed E-state index contributed by atoms with van der Waals surface area (Å²) in [6.07, 6.45) is 5.21. The Hall–Kier alpha value is -2.70. The molecule has 7 heteroatoms. The maximum absolute atomic E-state index is 11.2. The molecule has 1 fully saturated rings. The zero-order valence-electron chi connectivity index (χ0n) is 10.4. The second-order valence-electron chi connectivity index (χ2n) is 4.81. The van der Waals surface area contributed by atoms with E-state index in [-0.39, 0.29) is 5.69 Å². The van der Waals surface area contributed by atoms with Gasteiger partial charge >= 0.3 is 5.97 Å². The van der Waals surface area contributed by atoms with Crippen LogP contribution in [0.3, 0.4) is 0 Å². The Balaban J connectivity index is 2.01. The third kappa shape index (κ3) is 1.52. The van der Waals surface area contributed by atoms with E-state index in [2.05, 4.69) is 19.9 Å². The molecule has 1 saturated carbocycles. The van der Waals surface area contributed by atoms with Gasteiger partial charge in [0.25, 0.3) is 0 Å². The molecule has 3 heterocycles. The van der Waals surface area contributed by atoms with Crippen LogP contribution in [0.15, 0.2) is 24.7 Å². The van der Waals surface area contributed by atoms with E-state index >= 15 is 0 Å². The number of aromatic amines is 1. The maximum atomic E-state index is 11.2. The minimum atomic E-state index is -1.04. The van der Waals surface area contributed by atoms with E-state index in [1.807, 2.05) is 16.7 Å². The van der Waals surface area contributed by atoms with Crippen molar-refractivity contribution >= 4 is 17.1 Å². The Morgan fingerprint density at radius 2 is 2.25 bits per heavy atom. The molecule has 0 amide bonds. The van der Waals surface area contributed by atoms with Gasteiger partial charge in [-0.1, -0.05) is 0 Å². The largest absolute Gasteiger partial charge is 0.477 e. The van der Waals surface area contributed by atoms with Crippen molar-refractivity contribution in [1.29, 1.82) is 0 Å². The lowest BCUT2D eigenvalue weighted by Crippen LogP contribution is -2.04. The van der Waals surface area contributed by atoms with Crippen LogP contribution < -0.4 is 0 Å². The average molecular weight is 269 g/mol. The van der Waals surface area contributed by atoms with Gasteiger partial charge in [-0.25, -0.2) is 19.7 Å². The summed E-state index contributed by atoms with van der Waals surface area (Å²) >= 11 is 0. The van der Waals surface area contributed by atoms with Crippen molar-refractivity contribution in [1.82, 2.24) is 24.5 Å². The number of hydrogen-bond acceptors (Lipinski definition) is 4. The number of aromatic nitrogens is 5. The lowest BCUT2D eigenvalue weighted by atomic mass is 10.3. The van der Waals surface area contributed by atoms with Crippen molar-refractivity contribution in [3.63, 3.8) is 0 Å². The summed E-state index contributed by atoms with van der Waals surface area (Å²) in [4.78, 5) is 26.9. The van der Waals surface area contributed by atoms with Gasteiger partial charge in [0, 0.05) is 12.2 Å². The van der Waals surface area contributed by atoms with Gasteiger partial charge in [0.05, 0.1) is 6.33 Å². The molecule has 100 valence electrons. The van der Waals surface area contributed by atoms with E-state index < -0.39 is 5.97 Å². The number of carboxylic acid groups (broad SMARTS) is 1. The van der Waals surface area contributed by atoms with Crippen molar-refractivity contribution in [2.45, 2.75) is 18.9 Å². The van der Waals surface area contributed by atoms with Crippen LogP contribution in [0.4, 0.5) is 0 Å². The van der Waals surface area contributed by atoms with E-state index in [9.17, 15) is 9.90 Å². The molecular formula is C13H11N5O2. The molecule has 0 spiro atoms. The summed E-state index contributed by atoms with van der Waals surface area (Å²) in [6, 6.07) is 4.03. The van der Waals surface area contributed by atoms with E-state index in [0.717, 1.165) is 24.0 Å². The summed E-state index contributed by atoms with van der Waals surface area (Å²) in [5.74, 6) is -0.472. The summed E-state index contributed by atoms with van der Waals surface area (Å²) < 4.78 is 2.00. The van der Waals surface area contributed by atoms with E-state index in [1.165, 1.54) is 6.33 Å². The third-order valence-electron chi connectivity index (χ3n) is 3.43. The average Bonchev–Trinajstić information content (AvgIpc) is 3.04. The lowest BCUT2D eigenvalue weighted by molar-refractivity contribution is 0.0692. The predicted molar refractivity (Wildman–Crippen MR) is 70.3 cm³/mol. The van der Waals surface area contributed by atoms with Crippen LogP contribution in [-0.2, 0) is 0 Å². The predicted octanol–water partition coefficient (Wildman–Crippen LogP) is 1.85. The molecule has 0 unspecified atom stereocenters. The molecule has 0 bridgehead atoms. The van der Waals surface area contributed by atoms with Gasteiger partial charge in [0.2, 0.25) is 0 Å². The van der Waals surface area contributed by atoms with Crippen LogP contribution >= 0.6 is 0 Å². The summed E-state index contributed by atoms with van der Waals surface area (Å²) in [5, 5.41) is 9.21. The minimum absolute atomic E-state index is 0.0576. The van der Waals surface area contributed by atoms with Gasteiger partial charge in [0.1, 0.15) is 11.2 Å². The Kier molecular flexibility index (Phi) is 2.17. The van der Waals surface area contributed by atoms with Gasteiger partial charge in [0.15, 0.2) is 17.2 Å². The number of rotatable bonds is 3. The number of fused-ring (bicyclic) bond motifs is 1. The number of hydrogen-bond donors (Lipinski definition) is 2. The number of imidazole rings is 2. The quantitative estimate of drug-likeness (QED) is 0.756. The van der Waals surface area contributed by atoms with Gasteiger partial charge in [-0.3, -0.25) is 0 Å². The molecule has 0 radical (unpaired) electrons. The highest BCUT2D eigenvalue weighted by molar-refractivity contribution is 5.92. The first-order valence-corrected chi connectivity index (χ1v) is 6.35. The van der Waals surface area contributed by atoms with Crippen molar-refractivity contribution in [2.24, 2.45) is 0 Å². The number of nitrogens with zero attached hydrogens (tertiary/aromatic N) is 4. The Morgan fingerprint density at radius 1 is 1.40 bits per heavy atom. The fourth-order valence-electron chi connectivity index (χ4n) is 2.40. The molecule has 3 aromatic rings. The van der Waals surface area contributed by atoms with Gasteiger partial charge in [-0.2, -0.15) is 0 Å². The van der Waals surface area contributed by atoms with E-state index in [0.29, 0.717) is 17.6 Å². The Labute approximate surface area is 113 Å². The van der Waals surface area contributed by atoms with Crippen molar-refractivity contribution < 1.29 is 9.90 Å². The molecule has 0 atom stereocenters. The summed E-state index contributed by atoms with van der Waals surface area (Å²) in [5.41, 5.74) is 1.96. The summed E-state index contributed by atoms with van der Waals surface area (Å²) in [6.45, 7) is 0. The monoisotopic (exact) mass is 269 g/mol. The van der Waals surface area contributed by atoms with Crippen molar-refractivity contribution in [3.05, 3.63) is 30.4 Å². The Bertz CT molecular complexity index is 815. The lowest BCUT2D eigenvalue weighted by Gasteiger charge is -2.05. The molecule has 20 heavy (non-hydrogen) atoms. The summed E-state index contributed by atoms with van der Waals surface area (Å²) in [7, 11) is 0. The van der Waals surface area contributed by atoms with Gasteiger partial charge < -0.3 is 14.7 Å². The van der Waals surface area contributed by atoms with E-state index in [4.69, 9.17) is 0 Å². The number of carbonyl (C=O) groups is 1. The molecule has 0 aromatic carbocycles. The highest BCUT2D eigenvalue weighted by Gasteiger charge is 2.31. The molecule has 0 aliphatic heterocycles. The molecule has 4 rings (SSSR count). The number of aromatic carboxylic acids is 1. The first-order chi connectivity index (χ1) is 9.75. The van der Waals surface area contributed by atoms with Crippen LogP contribution in [0.2, 0.25) is 0 Å². The van der Waals surface area contributed by atoms with Crippen LogP contribution in [0.1, 0.15) is 29.4 Å². The molecule has 7 nitrogen and oxygen atoms in total. The highest BCUT2D eigenvalue weighted by atomic mass is 16.4. The SMILES string of the molecule is O=C(O)c1[nH]cnc1-c1nc2cccnc2n1C1CC1. The topological polar surface area (TPSA) is 96.7 Å². The highest BCUT2D eigenvalue weighted by Crippen LogP contribution is 2.40. The van der Waals surface area contributed by atoms with Gasteiger partial charge in [-0.15, -0.1) is 0 Å². The van der Waals surface area contributed by atoms with Crippen LogP contribution in [0.5, 0.6) is 0 Å². The van der Waals surface area contributed by atoms with Crippen LogP contribution in [-0.4, -0.2) is 35.6 Å². The number of carboxylic acids is 1. The first kappa shape index (κ1) is 11.2. The standard InChI is InChI=1S/C13H11N5O2/c19-13(20)10-9(15-6-16-10)12-17-8-2-1-5-14-11(8)18(12)7-3-4-7/h1-2,5-7H,3-4H2,(H,15,16)(H,19,20). The minimum Gasteiger partial charge on any atom is -0.477 e. The molecule has 2 N–H and O–H groups in total. The molecule has 1 aliphatic carbocycles. The smallest absolute Gasteiger partial charge is 0.354 e. The van der Waals surface area contributed by atoms with Crippen molar-refractivity contribution in [2.75, 3.05) is 0 Å². The maximum Gasteiger partial charge on any atom is 0.354 e. The number of nitrogens with one attached hydrogen (secondary N) is 1. The third-order valence-corrected chi connectivity index (χ3v) is 3.43. The number of H-pyrrole nitrogens is 1. The van der Waals surface area contributed by atoms with Crippen molar-refractivity contribution in [3.8, 4) is 11.5 Å². The van der Waals surface area contributed by atoms with Gasteiger partial charge in [-0.05, 0) is 25.0 Å². The fourth-order valence-corrected chi connectivity index (χ4v) is 2.40. The molecular weight excluding hydrogens is 258 g/mol. The van der Waals surface area contributed by atoms with E-state index in [1.54, 1.807) is 6.20 Å². The zero-order valence-corrected chi connectivity index (χ0v) is 10.4.